The fourth-order valence-electron chi connectivity index (χ4n) is 4.63. The molecule has 0 unspecified atom stereocenters. The van der Waals surface area contributed by atoms with Crippen LogP contribution in [0, 0.1) is 11.6 Å². The van der Waals surface area contributed by atoms with Crippen molar-refractivity contribution in [2.75, 3.05) is 18.4 Å². The summed E-state index contributed by atoms with van der Waals surface area (Å²) in [5.41, 5.74) is 3.94. The largest absolute Gasteiger partial charge is 0.326 e. The molecule has 0 radical (unpaired) electrons. The molecule has 3 amide bonds. The van der Waals surface area contributed by atoms with Gasteiger partial charge in [0.2, 0.25) is 5.91 Å². The maximum absolute atomic E-state index is 13.7. The number of para-hydroxylation sites is 1. The monoisotopic (exact) mass is 523 g/mol. The molecule has 7 heteroatoms. The first-order valence-electron chi connectivity index (χ1n) is 12.6. The Hall–Kier alpha value is -4.78. The van der Waals surface area contributed by atoms with E-state index in [-0.39, 0.29) is 37.2 Å². The second-order valence-corrected chi connectivity index (χ2v) is 9.29. The van der Waals surface area contributed by atoms with Crippen molar-refractivity contribution in [2.45, 2.75) is 12.6 Å². The minimum Gasteiger partial charge on any atom is -0.326 e. The number of anilines is 1. The number of hydrogen-bond donors (Lipinski definition) is 1. The van der Waals surface area contributed by atoms with E-state index in [2.05, 4.69) is 5.32 Å². The summed E-state index contributed by atoms with van der Waals surface area (Å²) in [6, 6.07) is 28.3. The molecule has 0 bridgehead atoms. The summed E-state index contributed by atoms with van der Waals surface area (Å²) >= 11 is 0. The van der Waals surface area contributed by atoms with E-state index in [1.54, 1.807) is 29.2 Å². The van der Waals surface area contributed by atoms with Crippen LogP contribution in [-0.2, 0) is 11.3 Å². The van der Waals surface area contributed by atoms with Crippen LogP contribution in [-0.4, -0.2) is 34.8 Å². The van der Waals surface area contributed by atoms with Crippen molar-refractivity contribution in [1.82, 2.24) is 9.80 Å². The number of rotatable bonds is 5. The molecule has 1 aliphatic heterocycles. The highest BCUT2D eigenvalue weighted by atomic mass is 19.1. The van der Waals surface area contributed by atoms with Crippen LogP contribution in [0.1, 0.15) is 17.2 Å². The van der Waals surface area contributed by atoms with Gasteiger partial charge in [0, 0.05) is 18.7 Å². The topological polar surface area (TPSA) is 52.7 Å². The van der Waals surface area contributed by atoms with Crippen LogP contribution in [0.4, 0.5) is 19.3 Å². The minimum atomic E-state index is -0.479. The predicted molar refractivity (Wildman–Crippen MR) is 148 cm³/mol. The van der Waals surface area contributed by atoms with Crippen molar-refractivity contribution in [3.63, 3.8) is 0 Å². The molecule has 0 saturated carbocycles. The van der Waals surface area contributed by atoms with Crippen molar-refractivity contribution in [1.29, 1.82) is 0 Å². The second-order valence-electron chi connectivity index (χ2n) is 9.29. The van der Waals surface area contributed by atoms with Crippen LogP contribution in [0.5, 0.6) is 0 Å². The van der Waals surface area contributed by atoms with Gasteiger partial charge in [-0.15, -0.1) is 0 Å². The van der Waals surface area contributed by atoms with Gasteiger partial charge in [-0.1, -0.05) is 84.9 Å². The lowest BCUT2D eigenvalue weighted by Gasteiger charge is -2.34. The van der Waals surface area contributed by atoms with Crippen LogP contribution in [0.15, 0.2) is 115 Å². The Morgan fingerprint density at radius 3 is 2.18 bits per heavy atom. The van der Waals surface area contributed by atoms with Crippen LogP contribution < -0.4 is 5.32 Å². The Bertz CT molecular complexity index is 1470. The SMILES string of the molecule is O=C(Nc1ccccc1-c1ccccc1)N1C/C=C\[C@@H](c2ccc(F)cc2)N(Cc2ccc(F)cc2)C(=O)C1. The fraction of sp³-hybridized carbons (Fsp3) is 0.125. The number of benzene rings is 4. The maximum atomic E-state index is 13.7. The first-order valence-corrected chi connectivity index (χ1v) is 12.6. The average Bonchev–Trinajstić information content (AvgIpc) is 2.95. The zero-order chi connectivity index (χ0) is 27.2. The molecule has 0 fully saturated rings. The summed E-state index contributed by atoms with van der Waals surface area (Å²) in [5, 5.41) is 2.97. The van der Waals surface area contributed by atoms with Crippen LogP contribution in [0.2, 0.25) is 0 Å². The van der Waals surface area contributed by atoms with Crippen LogP contribution >= 0.6 is 0 Å². The van der Waals surface area contributed by atoms with Gasteiger partial charge in [0.1, 0.15) is 18.2 Å². The number of nitrogens with zero attached hydrogens (tertiary/aromatic N) is 2. The van der Waals surface area contributed by atoms with E-state index in [1.807, 2.05) is 66.7 Å². The molecule has 1 aliphatic rings. The Labute approximate surface area is 226 Å². The average molecular weight is 524 g/mol. The third-order valence-corrected chi connectivity index (χ3v) is 6.64. The Morgan fingerprint density at radius 2 is 1.46 bits per heavy atom. The third-order valence-electron chi connectivity index (χ3n) is 6.64. The fourth-order valence-corrected chi connectivity index (χ4v) is 4.63. The van der Waals surface area contributed by atoms with E-state index in [9.17, 15) is 18.4 Å². The molecule has 5 rings (SSSR count). The molecule has 0 aliphatic carbocycles. The van der Waals surface area contributed by atoms with Crippen LogP contribution in [0.3, 0.4) is 0 Å². The van der Waals surface area contributed by atoms with Gasteiger partial charge in [-0.05, 0) is 47.0 Å². The first kappa shape index (κ1) is 25.9. The number of amides is 3. The second kappa shape index (κ2) is 11.7. The quantitative estimate of drug-likeness (QED) is 0.292. The molecule has 196 valence electrons. The van der Waals surface area contributed by atoms with Crippen molar-refractivity contribution in [3.8, 4) is 11.1 Å². The molecule has 1 atom stereocenters. The van der Waals surface area contributed by atoms with Gasteiger partial charge in [-0.25, -0.2) is 13.6 Å². The molecule has 39 heavy (non-hydrogen) atoms. The molecule has 0 saturated heterocycles. The van der Waals surface area contributed by atoms with Gasteiger partial charge in [0.15, 0.2) is 0 Å². The molecule has 4 aromatic rings. The summed E-state index contributed by atoms with van der Waals surface area (Å²) < 4.78 is 27.1. The lowest BCUT2D eigenvalue weighted by molar-refractivity contribution is -0.134. The number of nitrogens with one attached hydrogen (secondary N) is 1. The van der Waals surface area contributed by atoms with Gasteiger partial charge in [-0.2, -0.15) is 0 Å². The molecule has 5 nitrogen and oxygen atoms in total. The standard InChI is InChI=1S/C32H27F2N3O2/c33-26-16-12-23(13-17-26)21-37-30(25-14-18-27(34)19-15-25)11-6-20-36(22-31(37)38)32(39)35-29-10-5-4-9-28(29)24-7-2-1-3-8-24/h1-19,30H,20-22H2,(H,35,39)/b11-6-/t30-/m0/s1. The summed E-state index contributed by atoms with van der Waals surface area (Å²) in [5.74, 6) is -1.03. The zero-order valence-electron chi connectivity index (χ0n) is 21.1. The minimum absolute atomic E-state index is 0.164. The lowest BCUT2D eigenvalue weighted by atomic mass is 10.0. The van der Waals surface area contributed by atoms with Gasteiger partial charge >= 0.3 is 6.03 Å². The van der Waals surface area contributed by atoms with E-state index in [4.69, 9.17) is 0 Å². The molecule has 0 aromatic heterocycles. The highest BCUT2D eigenvalue weighted by molar-refractivity contribution is 5.96. The summed E-state index contributed by atoms with van der Waals surface area (Å²) in [7, 11) is 0. The van der Waals surface area contributed by atoms with Gasteiger partial charge in [0.25, 0.3) is 0 Å². The zero-order valence-corrected chi connectivity index (χ0v) is 21.1. The maximum Gasteiger partial charge on any atom is 0.322 e. The number of hydrogen-bond acceptors (Lipinski definition) is 2. The summed E-state index contributed by atoms with van der Waals surface area (Å²) in [6.07, 6.45) is 3.67. The Kier molecular flexibility index (Phi) is 7.78. The normalized spacial score (nSPS) is 16.4. The molecular weight excluding hydrogens is 496 g/mol. The highest BCUT2D eigenvalue weighted by Gasteiger charge is 2.29. The van der Waals surface area contributed by atoms with Crippen LogP contribution in [0.25, 0.3) is 11.1 Å². The van der Waals surface area contributed by atoms with E-state index in [1.165, 1.54) is 29.2 Å². The van der Waals surface area contributed by atoms with Gasteiger partial charge in [0.05, 0.1) is 11.7 Å². The van der Waals surface area contributed by atoms with Gasteiger partial charge < -0.3 is 15.1 Å². The highest BCUT2D eigenvalue weighted by Crippen LogP contribution is 2.29. The number of carbonyl (C=O) groups is 2. The molecule has 1 heterocycles. The number of carbonyl (C=O) groups excluding carboxylic acids is 2. The van der Waals surface area contributed by atoms with Crippen molar-refractivity contribution in [2.24, 2.45) is 0 Å². The van der Waals surface area contributed by atoms with E-state index in [0.29, 0.717) is 5.69 Å². The lowest BCUT2D eigenvalue weighted by Crippen LogP contribution is -2.46. The summed E-state index contributed by atoms with van der Waals surface area (Å²) in [6.45, 7) is 0.244. The van der Waals surface area contributed by atoms with Crippen molar-refractivity contribution >= 4 is 17.6 Å². The smallest absolute Gasteiger partial charge is 0.322 e. The Morgan fingerprint density at radius 1 is 0.821 bits per heavy atom. The molecule has 4 aromatic carbocycles. The van der Waals surface area contributed by atoms with Crippen molar-refractivity contribution in [3.05, 3.63) is 138 Å². The van der Waals surface area contributed by atoms with Gasteiger partial charge in [-0.3, -0.25) is 4.79 Å². The van der Waals surface area contributed by atoms with E-state index < -0.39 is 12.1 Å². The van der Waals surface area contributed by atoms with Crippen molar-refractivity contribution < 1.29 is 18.4 Å². The number of halogens is 2. The van der Waals surface area contributed by atoms with E-state index >= 15 is 0 Å². The summed E-state index contributed by atoms with van der Waals surface area (Å²) in [4.78, 5) is 30.1. The molecule has 0 spiro atoms. The number of urea groups is 1. The molecule has 1 N–H and O–H groups in total. The Balaban J connectivity index is 1.41. The van der Waals surface area contributed by atoms with E-state index in [0.717, 1.165) is 22.3 Å². The predicted octanol–water partition coefficient (Wildman–Crippen LogP) is 6.81. The molecular formula is C32H27F2N3O2. The third kappa shape index (κ3) is 6.21. The first-order chi connectivity index (χ1) is 19.0.